The van der Waals surface area contributed by atoms with E-state index in [9.17, 15) is 0 Å². The van der Waals surface area contributed by atoms with Crippen LogP contribution in [0, 0.1) is 13.8 Å². The molecular weight excluding hydrogens is 192 g/mol. The molecule has 0 aliphatic rings. The third-order valence-electron chi connectivity index (χ3n) is 2.19. The molecule has 0 bridgehead atoms. The summed E-state index contributed by atoms with van der Waals surface area (Å²) in [7, 11) is 0. The van der Waals surface area contributed by atoms with Gasteiger partial charge >= 0.3 is 0 Å². The van der Waals surface area contributed by atoms with Gasteiger partial charge in [0, 0.05) is 11.4 Å². The highest BCUT2D eigenvalue weighted by molar-refractivity contribution is 7.99. The smallest absolute Gasteiger partial charge is 0.0596 e. The van der Waals surface area contributed by atoms with Crippen LogP contribution in [0.3, 0.4) is 0 Å². The molecule has 0 saturated heterocycles. The Morgan fingerprint density at radius 1 is 1.36 bits per heavy atom. The van der Waals surface area contributed by atoms with Crippen LogP contribution in [0.4, 0.5) is 0 Å². The SMILES string of the molecule is CCCCSCCn1nc(C)cc1C. The second-order valence-electron chi connectivity index (χ2n) is 3.62. The summed E-state index contributed by atoms with van der Waals surface area (Å²) in [5.41, 5.74) is 2.40. The van der Waals surface area contributed by atoms with E-state index in [-0.39, 0.29) is 0 Å². The van der Waals surface area contributed by atoms with Crippen molar-refractivity contribution in [2.45, 2.75) is 40.2 Å². The summed E-state index contributed by atoms with van der Waals surface area (Å²) in [5, 5.41) is 4.43. The number of unbranched alkanes of at least 4 members (excludes halogenated alkanes) is 1. The molecule has 0 unspecified atom stereocenters. The molecule has 14 heavy (non-hydrogen) atoms. The van der Waals surface area contributed by atoms with Crippen LogP contribution in [0.5, 0.6) is 0 Å². The van der Waals surface area contributed by atoms with E-state index < -0.39 is 0 Å². The fourth-order valence-electron chi connectivity index (χ4n) is 1.40. The van der Waals surface area contributed by atoms with Gasteiger partial charge in [0.2, 0.25) is 0 Å². The van der Waals surface area contributed by atoms with Gasteiger partial charge in [-0.05, 0) is 32.1 Å². The standard InChI is InChI=1S/C11H20N2S/c1-4-5-7-14-8-6-13-11(3)9-10(2)12-13/h9H,4-8H2,1-3H3. The van der Waals surface area contributed by atoms with Crippen molar-refractivity contribution in [2.75, 3.05) is 11.5 Å². The quantitative estimate of drug-likeness (QED) is 0.675. The van der Waals surface area contributed by atoms with Gasteiger partial charge in [0.25, 0.3) is 0 Å². The van der Waals surface area contributed by atoms with Gasteiger partial charge in [0.1, 0.15) is 0 Å². The summed E-state index contributed by atoms with van der Waals surface area (Å²) in [6, 6.07) is 2.14. The van der Waals surface area contributed by atoms with E-state index in [1.54, 1.807) is 0 Å². The van der Waals surface area contributed by atoms with Crippen LogP contribution < -0.4 is 0 Å². The van der Waals surface area contributed by atoms with Crippen molar-refractivity contribution in [1.82, 2.24) is 9.78 Å². The number of aryl methyl sites for hydroxylation is 3. The van der Waals surface area contributed by atoms with Crippen LogP contribution in [0.15, 0.2) is 6.07 Å². The Hall–Kier alpha value is -0.440. The molecule has 1 aromatic heterocycles. The molecule has 3 heteroatoms. The predicted octanol–water partition coefficient (Wildman–Crippen LogP) is 3.03. The number of rotatable bonds is 6. The first-order valence-corrected chi connectivity index (χ1v) is 6.48. The van der Waals surface area contributed by atoms with Crippen molar-refractivity contribution in [2.24, 2.45) is 0 Å². The lowest BCUT2D eigenvalue weighted by Crippen LogP contribution is -2.04. The van der Waals surface area contributed by atoms with Crippen molar-refractivity contribution < 1.29 is 0 Å². The van der Waals surface area contributed by atoms with E-state index in [0.717, 1.165) is 12.2 Å². The number of thioether (sulfide) groups is 1. The lowest BCUT2D eigenvalue weighted by molar-refractivity contribution is 0.640. The van der Waals surface area contributed by atoms with Crippen molar-refractivity contribution >= 4 is 11.8 Å². The molecule has 0 fully saturated rings. The summed E-state index contributed by atoms with van der Waals surface area (Å²) in [6.45, 7) is 7.46. The van der Waals surface area contributed by atoms with Crippen LogP contribution in [-0.2, 0) is 6.54 Å². The first-order chi connectivity index (χ1) is 6.74. The highest BCUT2D eigenvalue weighted by Crippen LogP contribution is 2.07. The van der Waals surface area contributed by atoms with Gasteiger partial charge < -0.3 is 0 Å². The first-order valence-electron chi connectivity index (χ1n) is 5.33. The number of nitrogens with zero attached hydrogens (tertiary/aromatic N) is 2. The van der Waals surface area contributed by atoms with Crippen LogP contribution in [0.25, 0.3) is 0 Å². The maximum absolute atomic E-state index is 4.43. The molecular formula is C11H20N2S. The summed E-state index contributed by atoms with van der Waals surface area (Å²) in [6.07, 6.45) is 2.63. The Labute approximate surface area is 91.1 Å². The lowest BCUT2D eigenvalue weighted by atomic mass is 10.4. The zero-order chi connectivity index (χ0) is 10.4. The Bertz CT molecular complexity index is 268. The molecule has 1 rings (SSSR count). The van der Waals surface area contributed by atoms with E-state index in [4.69, 9.17) is 0 Å². The van der Waals surface area contributed by atoms with E-state index in [0.29, 0.717) is 0 Å². The molecule has 0 amide bonds. The third kappa shape index (κ3) is 3.74. The minimum absolute atomic E-state index is 1.05. The summed E-state index contributed by atoms with van der Waals surface area (Å²) < 4.78 is 2.11. The normalized spacial score (nSPS) is 10.8. The van der Waals surface area contributed by atoms with Crippen LogP contribution in [-0.4, -0.2) is 21.3 Å². The van der Waals surface area contributed by atoms with Crippen molar-refractivity contribution in [3.63, 3.8) is 0 Å². The van der Waals surface area contributed by atoms with Crippen LogP contribution in [0.2, 0.25) is 0 Å². The lowest BCUT2D eigenvalue weighted by Gasteiger charge is -2.03. The van der Waals surface area contributed by atoms with Gasteiger partial charge in [0.05, 0.1) is 12.2 Å². The molecule has 0 spiro atoms. The average molecular weight is 212 g/mol. The third-order valence-corrected chi connectivity index (χ3v) is 3.24. The summed E-state index contributed by atoms with van der Waals surface area (Å²) in [5.74, 6) is 2.47. The first kappa shape index (κ1) is 11.6. The van der Waals surface area contributed by atoms with Gasteiger partial charge in [-0.1, -0.05) is 13.3 Å². The molecule has 0 aliphatic carbocycles. The van der Waals surface area contributed by atoms with Gasteiger partial charge in [-0.25, -0.2) is 0 Å². The molecule has 0 aromatic carbocycles. The minimum Gasteiger partial charge on any atom is -0.269 e. The average Bonchev–Trinajstić information content (AvgIpc) is 2.45. The topological polar surface area (TPSA) is 17.8 Å². The van der Waals surface area contributed by atoms with E-state index in [1.807, 2.05) is 18.7 Å². The van der Waals surface area contributed by atoms with Crippen molar-refractivity contribution in [1.29, 1.82) is 0 Å². The molecule has 80 valence electrons. The van der Waals surface area contributed by atoms with Crippen LogP contribution >= 0.6 is 11.8 Å². The maximum Gasteiger partial charge on any atom is 0.0596 e. The van der Waals surface area contributed by atoms with Gasteiger partial charge in [0.15, 0.2) is 0 Å². The Morgan fingerprint density at radius 3 is 2.71 bits per heavy atom. The molecule has 1 aromatic rings. The van der Waals surface area contributed by atoms with Gasteiger partial charge in [-0.15, -0.1) is 0 Å². The van der Waals surface area contributed by atoms with Gasteiger partial charge in [-0.3, -0.25) is 4.68 Å². The second-order valence-corrected chi connectivity index (χ2v) is 4.84. The van der Waals surface area contributed by atoms with E-state index >= 15 is 0 Å². The predicted molar refractivity (Wildman–Crippen MR) is 63.9 cm³/mol. The highest BCUT2D eigenvalue weighted by Gasteiger charge is 1.99. The number of hydrogen-bond donors (Lipinski definition) is 0. The zero-order valence-electron chi connectivity index (χ0n) is 9.42. The molecule has 0 atom stereocenters. The number of aromatic nitrogens is 2. The Balaban J connectivity index is 2.21. The molecule has 0 aliphatic heterocycles. The monoisotopic (exact) mass is 212 g/mol. The molecule has 2 nitrogen and oxygen atoms in total. The molecule has 1 heterocycles. The largest absolute Gasteiger partial charge is 0.269 e. The Morgan fingerprint density at radius 2 is 2.14 bits per heavy atom. The molecule has 0 N–H and O–H groups in total. The Kier molecular flexibility index (Phi) is 5.09. The van der Waals surface area contributed by atoms with Crippen molar-refractivity contribution in [3.8, 4) is 0 Å². The van der Waals surface area contributed by atoms with Gasteiger partial charge in [-0.2, -0.15) is 16.9 Å². The zero-order valence-corrected chi connectivity index (χ0v) is 10.2. The van der Waals surface area contributed by atoms with Crippen LogP contribution in [0.1, 0.15) is 31.2 Å². The highest BCUT2D eigenvalue weighted by atomic mass is 32.2. The summed E-state index contributed by atoms with van der Waals surface area (Å²) >= 11 is 2.03. The van der Waals surface area contributed by atoms with Crippen molar-refractivity contribution in [3.05, 3.63) is 17.5 Å². The molecule has 0 saturated carbocycles. The van der Waals surface area contributed by atoms with E-state index in [2.05, 4.69) is 29.7 Å². The fraction of sp³-hybridized carbons (Fsp3) is 0.727. The molecule has 0 radical (unpaired) electrons. The minimum atomic E-state index is 1.05. The fourth-order valence-corrected chi connectivity index (χ4v) is 2.40. The number of hydrogen-bond acceptors (Lipinski definition) is 2. The van der Waals surface area contributed by atoms with E-state index in [1.165, 1.54) is 30.0 Å². The summed E-state index contributed by atoms with van der Waals surface area (Å²) in [4.78, 5) is 0. The second kappa shape index (κ2) is 6.12. The maximum atomic E-state index is 4.43.